The lowest BCUT2D eigenvalue weighted by Crippen LogP contribution is -2.62. The second-order valence-electron chi connectivity index (χ2n) is 5.17. The van der Waals surface area contributed by atoms with Gasteiger partial charge in [0.05, 0.1) is 12.0 Å². The molecule has 0 saturated heterocycles. The molecule has 0 aromatic heterocycles. The molecule has 1 aromatic carbocycles. The first-order valence-electron chi connectivity index (χ1n) is 6.80. The molecule has 0 bridgehead atoms. The molecule has 1 atom stereocenters. The lowest BCUT2D eigenvalue weighted by Gasteiger charge is -2.22. The Kier molecular flexibility index (Phi) is 7.10. The Labute approximate surface area is 123 Å². The van der Waals surface area contributed by atoms with Crippen LogP contribution in [0.4, 0.5) is 0 Å². The van der Waals surface area contributed by atoms with Crippen LogP contribution in [0.3, 0.4) is 0 Å². The third-order valence-electron chi connectivity index (χ3n) is 3.53. The summed E-state index contributed by atoms with van der Waals surface area (Å²) in [7, 11) is 0. The SMILES string of the molecule is C[C@H]([NH3+])C1CCCCC1.O=C([O-])c1ccc(Br)cc1. The molecule has 1 aliphatic rings. The molecule has 0 unspecified atom stereocenters. The minimum atomic E-state index is -1.15. The van der Waals surface area contributed by atoms with Gasteiger partial charge in [0, 0.05) is 10.4 Å². The van der Waals surface area contributed by atoms with Crippen molar-refractivity contribution in [2.75, 3.05) is 0 Å². The Hall–Kier alpha value is -0.870. The Bertz CT molecular complexity index is 384. The van der Waals surface area contributed by atoms with Gasteiger partial charge in [-0.05, 0) is 37.5 Å². The smallest absolute Gasteiger partial charge is 0.0843 e. The molecule has 0 radical (unpaired) electrons. The van der Waals surface area contributed by atoms with Gasteiger partial charge in [-0.3, -0.25) is 0 Å². The van der Waals surface area contributed by atoms with Gasteiger partial charge in [-0.15, -0.1) is 0 Å². The number of carbonyl (C=O) groups is 1. The summed E-state index contributed by atoms with van der Waals surface area (Å²) < 4.78 is 0.859. The van der Waals surface area contributed by atoms with E-state index in [0.717, 1.165) is 10.4 Å². The largest absolute Gasteiger partial charge is 0.545 e. The summed E-state index contributed by atoms with van der Waals surface area (Å²) in [5.74, 6) is -0.203. The maximum absolute atomic E-state index is 10.2. The van der Waals surface area contributed by atoms with Crippen molar-refractivity contribution >= 4 is 21.9 Å². The van der Waals surface area contributed by atoms with E-state index >= 15 is 0 Å². The first-order chi connectivity index (χ1) is 9.00. The van der Waals surface area contributed by atoms with Gasteiger partial charge in [0.15, 0.2) is 0 Å². The van der Waals surface area contributed by atoms with E-state index in [9.17, 15) is 9.90 Å². The summed E-state index contributed by atoms with van der Waals surface area (Å²) in [4.78, 5) is 10.2. The van der Waals surface area contributed by atoms with Crippen LogP contribution in [0.1, 0.15) is 49.4 Å². The minimum Gasteiger partial charge on any atom is -0.545 e. The maximum atomic E-state index is 10.2. The highest BCUT2D eigenvalue weighted by Gasteiger charge is 2.18. The molecule has 1 fully saturated rings. The average Bonchev–Trinajstić information content (AvgIpc) is 2.41. The summed E-state index contributed by atoms with van der Waals surface area (Å²) in [5.41, 5.74) is 4.26. The Morgan fingerprint density at radius 1 is 1.26 bits per heavy atom. The van der Waals surface area contributed by atoms with Crippen molar-refractivity contribution in [1.29, 1.82) is 0 Å². The van der Waals surface area contributed by atoms with E-state index in [1.165, 1.54) is 44.2 Å². The normalized spacial score (nSPS) is 17.2. The van der Waals surface area contributed by atoms with E-state index in [-0.39, 0.29) is 5.56 Å². The molecule has 1 saturated carbocycles. The fourth-order valence-electron chi connectivity index (χ4n) is 2.29. The van der Waals surface area contributed by atoms with E-state index in [4.69, 9.17) is 0 Å². The molecule has 19 heavy (non-hydrogen) atoms. The first kappa shape index (κ1) is 16.2. The molecule has 2 rings (SSSR count). The van der Waals surface area contributed by atoms with Crippen LogP contribution in [0.15, 0.2) is 28.7 Å². The number of carboxylic acid groups (broad SMARTS) is 1. The zero-order chi connectivity index (χ0) is 14.3. The second kappa shape index (κ2) is 8.33. The lowest BCUT2D eigenvalue weighted by atomic mass is 9.85. The molecular weight excluding hydrogens is 306 g/mol. The standard InChI is InChI=1S/C8H17N.C7H5BrO2/c1-7(9)8-5-3-2-4-6-8;8-6-3-1-5(2-4-6)7(9)10/h7-8H,2-6,9H2,1H3;1-4H,(H,9,10)/t7-;/m0./s1. The molecule has 0 heterocycles. The molecule has 0 amide bonds. The molecule has 1 aromatic rings. The lowest BCUT2D eigenvalue weighted by molar-refractivity contribution is -0.428. The number of hydrogen-bond acceptors (Lipinski definition) is 2. The van der Waals surface area contributed by atoms with Crippen molar-refractivity contribution in [3.05, 3.63) is 34.3 Å². The predicted octanol–water partition coefficient (Wildman–Crippen LogP) is 2.01. The summed E-state index contributed by atoms with van der Waals surface area (Å²) in [6, 6.07) is 6.97. The topological polar surface area (TPSA) is 67.8 Å². The Morgan fingerprint density at radius 2 is 1.79 bits per heavy atom. The maximum Gasteiger partial charge on any atom is 0.0843 e. The van der Waals surface area contributed by atoms with Gasteiger partial charge in [-0.2, -0.15) is 0 Å². The first-order valence-corrected chi connectivity index (χ1v) is 7.60. The van der Waals surface area contributed by atoms with Gasteiger partial charge < -0.3 is 15.6 Å². The van der Waals surface area contributed by atoms with Crippen LogP contribution in [0, 0.1) is 5.92 Å². The summed E-state index contributed by atoms with van der Waals surface area (Å²) in [6.07, 6.45) is 7.23. The summed E-state index contributed by atoms with van der Waals surface area (Å²) >= 11 is 3.18. The van der Waals surface area contributed by atoms with Crippen LogP contribution in [0.25, 0.3) is 0 Å². The highest BCUT2D eigenvalue weighted by molar-refractivity contribution is 9.10. The molecule has 0 aliphatic heterocycles. The molecule has 3 nitrogen and oxygen atoms in total. The molecule has 106 valence electrons. The summed E-state index contributed by atoms with van der Waals surface area (Å²) in [5, 5.41) is 10.2. The average molecular weight is 328 g/mol. The third kappa shape index (κ3) is 6.21. The highest BCUT2D eigenvalue weighted by Crippen LogP contribution is 2.24. The Balaban J connectivity index is 0.000000191. The van der Waals surface area contributed by atoms with Crippen molar-refractivity contribution in [2.45, 2.75) is 45.1 Å². The van der Waals surface area contributed by atoms with Gasteiger partial charge in [-0.25, -0.2) is 0 Å². The number of rotatable bonds is 2. The van der Waals surface area contributed by atoms with Crippen molar-refractivity contribution in [2.24, 2.45) is 5.92 Å². The molecular formula is C15H22BrNO2. The Morgan fingerprint density at radius 3 is 2.16 bits per heavy atom. The van der Waals surface area contributed by atoms with Gasteiger partial charge in [0.25, 0.3) is 0 Å². The van der Waals surface area contributed by atoms with Crippen molar-refractivity contribution in [3.63, 3.8) is 0 Å². The number of halogens is 1. The quantitative estimate of drug-likeness (QED) is 0.902. The second-order valence-corrected chi connectivity index (χ2v) is 6.09. The highest BCUT2D eigenvalue weighted by atomic mass is 79.9. The number of hydrogen-bond donors (Lipinski definition) is 1. The number of benzene rings is 1. The molecule has 4 heteroatoms. The molecule has 3 N–H and O–H groups in total. The van der Waals surface area contributed by atoms with Gasteiger partial charge in [0.1, 0.15) is 0 Å². The van der Waals surface area contributed by atoms with E-state index < -0.39 is 5.97 Å². The number of carbonyl (C=O) groups excluding carboxylic acids is 1. The van der Waals surface area contributed by atoms with Gasteiger partial charge >= 0.3 is 0 Å². The van der Waals surface area contributed by atoms with Crippen molar-refractivity contribution < 1.29 is 15.6 Å². The molecule has 0 spiro atoms. The number of aromatic carboxylic acids is 1. The van der Waals surface area contributed by atoms with Crippen LogP contribution >= 0.6 is 15.9 Å². The van der Waals surface area contributed by atoms with Crippen LogP contribution in [0.2, 0.25) is 0 Å². The summed E-state index contributed by atoms with van der Waals surface area (Å²) in [6.45, 7) is 2.25. The van der Waals surface area contributed by atoms with E-state index in [0.29, 0.717) is 6.04 Å². The van der Waals surface area contributed by atoms with E-state index in [1.807, 2.05) is 0 Å². The van der Waals surface area contributed by atoms with Crippen LogP contribution in [-0.4, -0.2) is 12.0 Å². The third-order valence-corrected chi connectivity index (χ3v) is 4.06. The number of quaternary nitrogens is 1. The fourth-order valence-corrected chi connectivity index (χ4v) is 2.55. The predicted molar refractivity (Wildman–Crippen MR) is 77.4 cm³/mol. The van der Waals surface area contributed by atoms with E-state index in [1.54, 1.807) is 12.1 Å². The van der Waals surface area contributed by atoms with Crippen LogP contribution < -0.4 is 10.8 Å². The van der Waals surface area contributed by atoms with Crippen LogP contribution in [0.5, 0.6) is 0 Å². The fraction of sp³-hybridized carbons (Fsp3) is 0.533. The monoisotopic (exact) mass is 327 g/mol. The van der Waals surface area contributed by atoms with Gasteiger partial charge in [0.2, 0.25) is 0 Å². The van der Waals surface area contributed by atoms with Crippen LogP contribution in [-0.2, 0) is 0 Å². The minimum absolute atomic E-state index is 0.197. The number of carboxylic acids is 1. The van der Waals surface area contributed by atoms with Crippen molar-refractivity contribution in [3.8, 4) is 0 Å². The molecule has 1 aliphatic carbocycles. The van der Waals surface area contributed by atoms with Gasteiger partial charge in [-0.1, -0.05) is 47.3 Å². The van der Waals surface area contributed by atoms with Crippen molar-refractivity contribution in [1.82, 2.24) is 0 Å². The zero-order valence-electron chi connectivity index (χ0n) is 11.4. The zero-order valence-corrected chi connectivity index (χ0v) is 13.0. The van der Waals surface area contributed by atoms with E-state index in [2.05, 4.69) is 28.6 Å².